The monoisotopic (exact) mass is 277 g/mol. The zero-order chi connectivity index (χ0) is 14.3. The predicted octanol–water partition coefficient (Wildman–Crippen LogP) is 2.06. The van der Waals surface area contributed by atoms with Gasteiger partial charge in [-0.1, -0.05) is 12.1 Å². The summed E-state index contributed by atoms with van der Waals surface area (Å²) in [6.45, 7) is 2.75. The second kappa shape index (κ2) is 4.90. The van der Waals surface area contributed by atoms with Crippen molar-refractivity contribution in [2.45, 2.75) is 19.7 Å². The summed E-state index contributed by atoms with van der Waals surface area (Å²) < 4.78 is 23.8. The highest BCUT2D eigenvalue weighted by molar-refractivity contribution is 5.94. The van der Waals surface area contributed by atoms with Gasteiger partial charge in [-0.3, -0.25) is 4.79 Å². The Kier molecular flexibility index (Phi) is 3.22. The van der Waals surface area contributed by atoms with Gasteiger partial charge in [0, 0.05) is 6.54 Å². The van der Waals surface area contributed by atoms with E-state index < -0.39 is 0 Å². The lowest BCUT2D eigenvalue weighted by atomic mass is 9.91. The highest BCUT2D eigenvalue weighted by atomic mass is 19.1. The molecule has 0 saturated carbocycles. The fourth-order valence-electron chi connectivity index (χ4n) is 2.76. The molecule has 0 aliphatic carbocycles. The Labute approximate surface area is 116 Å². The number of carbonyl (C=O) groups excluding carboxylic acids is 1. The molecule has 1 amide bonds. The average molecular weight is 277 g/mol. The van der Waals surface area contributed by atoms with Crippen molar-refractivity contribution in [3.05, 3.63) is 47.0 Å². The molecule has 2 heterocycles. The van der Waals surface area contributed by atoms with Gasteiger partial charge in [-0.25, -0.2) is 4.39 Å². The van der Waals surface area contributed by atoms with E-state index in [0.29, 0.717) is 18.7 Å². The summed E-state index contributed by atoms with van der Waals surface area (Å²) in [6.07, 6.45) is -0.272. The third kappa shape index (κ3) is 1.98. The highest BCUT2D eigenvalue weighted by Gasteiger charge is 2.47. The molecule has 1 fully saturated rings. The Morgan fingerprint density at radius 2 is 2.10 bits per heavy atom. The molecular formula is C15H16FNO3. The van der Waals surface area contributed by atoms with Crippen LogP contribution >= 0.6 is 0 Å². The van der Waals surface area contributed by atoms with E-state index in [1.807, 2.05) is 0 Å². The van der Waals surface area contributed by atoms with Crippen molar-refractivity contribution in [3.8, 4) is 0 Å². The quantitative estimate of drug-likeness (QED) is 0.849. The van der Waals surface area contributed by atoms with Crippen LogP contribution in [0.1, 0.15) is 12.5 Å². The summed E-state index contributed by atoms with van der Waals surface area (Å²) in [7, 11) is 1.58. The third-order valence-electron chi connectivity index (χ3n) is 3.87. The Morgan fingerprint density at radius 1 is 1.40 bits per heavy atom. The van der Waals surface area contributed by atoms with Gasteiger partial charge in [0.25, 0.3) is 5.91 Å². The summed E-state index contributed by atoms with van der Waals surface area (Å²) in [5.41, 5.74) is 1.50. The molecule has 1 saturated heterocycles. The maximum Gasteiger partial charge on any atom is 0.255 e. The van der Waals surface area contributed by atoms with Crippen molar-refractivity contribution in [2.24, 2.45) is 5.92 Å². The topological polar surface area (TPSA) is 38.8 Å². The van der Waals surface area contributed by atoms with Crippen molar-refractivity contribution in [1.29, 1.82) is 0 Å². The van der Waals surface area contributed by atoms with Crippen LogP contribution in [0.15, 0.2) is 35.6 Å². The Morgan fingerprint density at radius 3 is 2.65 bits per heavy atom. The minimum Gasteiger partial charge on any atom is -0.500 e. The van der Waals surface area contributed by atoms with E-state index in [4.69, 9.17) is 9.47 Å². The second-order valence-corrected chi connectivity index (χ2v) is 5.08. The Balaban J connectivity index is 1.85. The first-order chi connectivity index (χ1) is 9.61. The number of benzene rings is 1. The Bertz CT molecular complexity index is 567. The van der Waals surface area contributed by atoms with Crippen LogP contribution in [-0.2, 0) is 20.8 Å². The molecule has 2 aliphatic heterocycles. The van der Waals surface area contributed by atoms with E-state index in [1.54, 1.807) is 31.1 Å². The lowest BCUT2D eigenvalue weighted by Gasteiger charge is -2.47. The first-order valence-corrected chi connectivity index (χ1v) is 6.53. The number of nitrogens with zero attached hydrogens (tertiary/aromatic N) is 1. The smallest absolute Gasteiger partial charge is 0.255 e. The zero-order valence-electron chi connectivity index (χ0n) is 11.4. The van der Waals surface area contributed by atoms with Gasteiger partial charge in [0.1, 0.15) is 17.8 Å². The number of hydrogen-bond donors (Lipinski definition) is 0. The van der Waals surface area contributed by atoms with E-state index in [-0.39, 0.29) is 23.9 Å². The van der Waals surface area contributed by atoms with Crippen molar-refractivity contribution in [1.82, 2.24) is 4.90 Å². The van der Waals surface area contributed by atoms with Crippen molar-refractivity contribution < 1.29 is 18.7 Å². The fourth-order valence-corrected chi connectivity index (χ4v) is 2.76. The van der Waals surface area contributed by atoms with Crippen LogP contribution < -0.4 is 0 Å². The maximum absolute atomic E-state index is 12.9. The first kappa shape index (κ1) is 13.1. The molecule has 5 heteroatoms. The predicted molar refractivity (Wildman–Crippen MR) is 69.9 cm³/mol. The number of fused-ring (bicyclic) bond motifs is 1. The van der Waals surface area contributed by atoms with Crippen LogP contribution in [0.2, 0.25) is 0 Å². The van der Waals surface area contributed by atoms with Crippen LogP contribution in [0.3, 0.4) is 0 Å². The fraction of sp³-hybridized carbons (Fsp3) is 0.400. The van der Waals surface area contributed by atoms with Gasteiger partial charge in [0.15, 0.2) is 0 Å². The summed E-state index contributed by atoms with van der Waals surface area (Å²) in [5.74, 6) is 0.459. The number of amides is 1. The number of halogens is 1. The van der Waals surface area contributed by atoms with Gasteiger partial charge in [0.2, 0.25) is 0 Å². The molecule has 0 bridgehead atoms. The van der Waals surface area contributed by atoms with Crippen LogP contribution in [0.25, 0.3) is 0 Å². The van der Waals surface area contributed by atoms with E-state index in [1.165, 1.54) is 12.1 Å². The summed E-state index contributed by atoms with van der Waals surface area (Å²) >= 11 is 0. The normalized spacial score (nSPS) is 25.4. The van der Waals surface area contributed by atoms with Gasteiger partial charge >= 0.3 is 0 Å². The van der Waals surface area contributed by atoms with Gasteiger partial charge in [0.05, 0.1) is 25.2 Å². The van der Waals surface area contributed by atoms with Gasteiger partial charge < -0.3 is 14.4 Å². The molecule has 2 atom stereocenters. The number of carbonyl (C=O) groups is 1. The molecule has 2 aliphatic rings. The number of rotatable bonds is 3. The first-order valence-electron chi connectivity index (χ1n) is 6.53. The van der Waals surface area contributed by atoms with Crippen LogP contribution in [-0.4, -0.2) is 30.8 Å². The Hall–Kier alpha value is -1.88. The molecule has 0 aromatic heterocycles. The second-order valence-electron chi connectivity index (χ2n) is 5.08. The summed E-state index contributed by atoms with van der Waals surface area (Å²) in [5, 5.41) is 0. The molecule has 20 heavy (non-hydrogen) atoms. The van der Waals surface area contributed by atoms with E-state index in [9.17, 15) is 9.18 Å². The molecule has 2 unspecified atom stereocenters. The average Bonchev–Trinajstić information content (AvgIpc) is 2.42. The SMILES string of the molecule is COC1=C(C)C(=O)N(Cc2ccc(F)cc2)C2OCC12. The molecule has 0 radical (unpaired) electrons. The zero-order valence-corrected chi connectivity index (χ0v) is 11.4. The van der Waals surface area contributed by atoms with E-state index >= 15 is 0 Å². The van der Waals surface area contributed by atoms with Gasteiger partial charge in [-0.15, -0.1) is 0 Å². The molecule has 4 nitrogen and oxygen atoms in total. The van der Waals surface area contributed by atoms with Crippen LogP contribution in [0, 0.1) is 11.7 Å². The van der Waals surface area contributed by atoms with E-state index in [0.717, 1.165) is 11.3 Å². The summed E-state index contributed by atoms with van der Waals surface area (Å²) in [6, 6.07) is 6.15. The lowest BCUT2D eigenvalue weighted by molar-refractivity contribution is -0.205. The van der Waals surface area contributed by atoms with Crippen LogP contribution in [0.5, 0.6) is 0 Å². The minimum absolute atomic E-state index is 0.0906. The molecule has 1 aromatic rings. The van der Waals surface area contributed by atoms with Gasteiger partial charge in [-0.05, 0) is 24.6 Å². The molecular weight excluding hydrogens is 261 g/mol. The van der Waals surface area contributed by atoms with E-state index in [2.05, 4.69) is 0 Å². The lowest BCUT2D eigenvalue weighted by Crippen LogP contribution is -2.58. The van der Waals surface area contributed by atoms with Gasteiger partial charge in [-0.2, -0.15) is 0 Å². The maximum atomic E-state index is 12.9. The number of hydrogen-bond acceptors (Lipinski definition) is 3. The minimum atomic E-state index is -0.283. The number of methoxy groups -OCH3 is 1. The van der Waals surface area contributed by atoms with Crippen molar-refractivity contribution in [2.75, 3.05) is 13.7 Å². The molecule has 3 rings (SSSR count). The number of ether oxygens (including phenoxy) is 2. The molecule has 1 aromatic carbocycles. The summed E-state index contributed by atoms with van der Waals surface area (Å²) in [4.78, 5) is 14.1. The van der Waals surface area contributed by atoms with Crippen molar-refractivity contribution >= 4 is 5.91 Å². The molecule has 0 N–H and O–H groups in total. The highest BCUT2D eigenvalue weighted by Crippen LogP contribution is 2.38. The largest absolute Gasteiger partial charge is 0.500 e. The molecule has 106 valence electrons. The van der Waals surface area contributed by atoms with Crippen molar-refractivity contribution in [3.63, 3.8) is 0 Å². The molecule has 0 spiro atoms. The standard InChI is InChI=1S/C15H16FNO3/c1-9-13(19-2)12-8-20-15(12)17(14(9)18)7-10-3-5-11(16)6-4-10/h3-6,12,15H,7-8H2,1-2H3. The third-order valence-corrected chi connectivity index (χ3v) is 3.87. The van der Waals surface area contributed by atoms with Crippen LogP contribution in [0.4, 0.5) is 4.39 Å².